The Balaban J connectivity index is 3.07. The van der Waals surface area contributed by atoms with E-state index in [9.17, 15) is 17.6 Å². The molecule has 2 N–H and O–H groups in total. The van der Waals surface area contributed by atoms with Gasteiger partial charge in [-0.1, -0.05) is 15.9 Å². The summed E-state index contributed by atoms with van der Waals surface area (Å²) < 4.78 is 49.4. The average molecular weight is 272 g/mol. The van der Waals surface area contributed by atoms with Crippen molar-refractivity contribution in [1.82, 2.24) is 0 Å². The fourth-order valence-corrected chi connectivity index (χ4v) is 1.43. The molecule has 0 saturated carbocycles. The molecular formula is C8H6BrF4N. The molecule has 78 valence electrons. The summed E-state index contributed by atoms with van der Waals surface area (Å²) in [6.07, 6.45) is -4.56. The Hall–Kier alpha value is -0.620. The van der Waals surface area contributed by atoms with Gasteiger partial charge >= 0.3 is 6.18 Å². The van der Waals surface area contributed by atoms with Crippen molar-refractivity contribution < 1.29 is 17.6 Å². The minimum Gasteiger partial charge on any atom is -0.316 e. The first-order valence-electron chi connectivity index (χ1n) is 3.59. The molecule has 0 aliphatic carbocycles. The number of rotatable bonds is 1. The van der Waals surface area contributed by atoms with Crippen LogP contribution in [0.3, 0.4) is 0 Å². The van der Waals surface area contributed by atoms with Gasteiger partial charge in [-0.2, -0.15) is 13.2 Å². The Bertz CT molecular complexity index is 316. The highest BCUT2D eigenvalue weighted by atomic mass is 79.9. The van der Waals surface area contributed by atoms with Crippen LogP contribution in [0, 0.1) is 5.82 Å². The van der Waals surface area contributed by atoms with E-state index >= 15 is 0 Å². The number of hydrogen-bond acceptors (Lipinski definition) is 1. The number of hydrogen-bond donors (Lipinski definition) is 1. The van der Waals surface area contributed by atoms with Crippen LogP contribution in [0.1, 0.15) is 11.6 Å². The van der Waals surface area contributed by atoms with Crippen molar-refractivity contribution in [1.29, 1.82) is 0 Å². The zero-order chi connectivity index (χ0) is 10.9. The fourth-order valence-electron chi connectivity index (χ4n) is 0.944. The molecular weight excluding hydrogens is 266 g/mol. The number of halogens is 5. The first-order chi connectivity index (χ1) is 6.30. The molecule has 0 unspecified atom stereocenters. The van der Waals surface area contributed by atoms with Crippen LogP contribution in [0.25, 0.3) is 0 Å². The average Bonchev–Trinajstić information content (AvgIpc) is 1.99. The SMILES string of the molecule is N[C@@H](c1cc(F)cc(Br)c1)C(F)(F)F. The summed E-state index contributed by atoms with van der Waals surface area (Å²) in [6, 6.07) is 0.811. The topological polar surface area (TPSA) is 26.0 Å². The van der Waals surface area contributed by atoms with E-state index in [4.69, 9.17) is 5.73 Å². The Morgan fingerprint density at radius 3 is 2.21 bits per heavy atom. The molecule has 0 bridgehead atoms. The lowest BCUT2D eigenvalue weighted by molar-refractivity contribution is -0.149. The lowest BCUT2D eigenvalue weighted by Gasteiger charge is -2.15. The van der Waals surface area contributed by atoms with Crippen molar-refractivity contribution in [2.45, 2.75) is 12.2 Å². The van der Waals surface area contributed by atoms with E-state index in [1.165, 1.54) is 0 Å². The molecule has 0 amide bonds. The highest BCUT2D eigenvalue weighted by molar-refractivity contribution is 9.10. The van der Waals surface area contributed by atoms with E-state index < -0.39 is 18.0 Å². The lowest BCUT2D eigenvalue weighted by Crippen LogP contribution is -2.28. The maximum absolute atomic E-state index is 12.7. The second-order valence-electron chi connectivity index (χ2n) is 2.72. The first kappa shape index (κ1) is 11.5. The minimum atomic E-state index is -4.56. The third-order valence-electron chi connectivity index (χ3n) is 1.60. The van der Waals surface area contributed by atoms with Gasteiger partial charge in [0.05, 0.1) is 0 Å². The molecule has 0 saturated heterocycles. The molecule has 0 radical (unpaired) electrons. The van der Waals surface area contributed by atoms with Crippen LogP contribution >= 0.6 is 15.9 Å². The zero-order valence-electron chi connectivity index (χ0n) is 6.78. The van der Waals surface area contributed by atoms with Crippen LogP contribution in [0.2, 0.25) is 0 Å². The summed E-state index contributed by atoms with van der Waals surface area (Å²) in [5.74, 6) is -0.755. The van der Waals surface area contributed by atoms with Crippen LogP contribution in [-0.4, -0.2) is 6.18 Å². The standard InChI is InChI=1S/C8H6BrF4N/c9-5-1-4(2-6(10)3-5)7(14)8(11,12)13/h1-3,7H,14H2/t7-/m0/s1. The summed E-state index contributed by atoms with van der Waals surface area (Å²) in [5, 5.41) is 0. The second-order valence-corrected chi connectivity index (χ2v) is 3.64. The van der Waals surface area contributed by atoms with Gasteiger partial charge in [-0.15, -0.1) is 0 Å². The van der Waals surface area contributed by atoms with Crippen LogP contribution in [0.4, 0.5) is 17.6 Å². The largest absolute Gasteiger partial charge is 0.407 e. The summed E-state index contributed by atoms with van der Waals surface area (Å²) >= 11 is 2.89. The molecule has 0 aliphatic heterocycles. The molecule has 6 heteroatoms. The third-order valence-corrected chi connectivity index (χ3v) is 2.05. The van der Waals surface area contributed by atoms with Gasteiger partial charge in [-0.3, -0.25) is 0 Å². The number of alkyl halides is 3. The molecule has 14 heavy (non-hydrogen) atoms. The van der Waals surface area contributed by atoms with Gasteiger partial charge in [0.15, 0.2) is 0 Å². The molecule has 1 aromatic carbocycles. The summed E-state index contributed by atoms with van der Waals surface area (Å²) in [4.78, 5) is 0. The molecule has 0 spiro atoms. The zero-order valence-corrected chi connectivity index (χ0v) is 8.36. The lowest BCUT2D eigenvalue weighted by atomic mass is 10.1. The molecule has 1 nitrogen and oxygen atoms in total. The van der Waals surface area contributed by atoms with Crippen LogP contribution in [0.5, 0.6) is 0 Å². The van der Waals surface area contributed by atoms with E-state index in [1.54, 1.807) is 0 Å². The molecule has 0 fully saturated rings. The molecule has 0 heterocycles. The summed E-state index contributed by atoms with van der Waals surface area (Å²) in [6.45, 7) is 0. The Morgan fingerprint density at radius 1 is 1.21 bits per heavy atom. The van der Waals surface area contributed by atoms with Crippen LogP contribution in [0.15, 0.2) is 22.7 Å². The molecule has 0 aromatic heterocycles. The Morgan fingerprint density at radius 2 is 1.79 bits per heavy atom. The van der Waals surface area contributed by atoms with Crippen molar-refractivity contribution in [3.63, 3.8) is 0 Å². The molecule has 1 aromatic rings. The quantitative estimate of drug-likeness (QED) is 0.781. The monoisotopic (exact) mass is 271 g/mol. The molecule has 1 rings (SSSR count). The van der Waals surface area contributed by atoms with Gasteiger partial charge in [0.1, 0.15) is 11.9 Å². The molecule has 0 aliphatic rings. The highest BCUT2D eigenvalue weighted by Crippen LogP contribution is 2.31. The summed E-state index contributed by atoms with van der Waals surface area (Å²) in [5.41, 5.74) is 4.60. The van der Waals surface area contributed by atoms with Gasteiger partial charge in [0.25, 0.3) is 0 Å². The number of nitrogens with two attached hydrogens (primary N) is 1. The van der Waals surface area contributed by atoms with E-state index in [-0.39, 0.29) is 10.0 Å². The van der Waals surface area contributed by atoms with Crippen LogP contribution in [-0.2, 0) is 0 Å². The second kappa shape index (κ2) is 3.86. The van der Waals surface area contributed by atoms with Gasteiger partial charge in [-0.25, -0.2) is 4.39 Å². The fraction of sp³-hybridized carbons (Fsp3) is 0.250. The normalized spacial score (nSPS) is 14.1. The Labute approximate surface area is 86.0 Å². The predicted molar refractivity (Wildman–Crippen MR) is 47.1 cm³/mol. The van der Waals surface area contributed by atoms with Gasteiger partial charge in [0, 0.05) is 4.47 Å². The third kappa shape index (κ3) is 2.68. The van der Waals surface area contributed by atoms with Gasteiger partial charge in [0.2, 0.25) is 0 Å². The smallest absolute Gasteiger partial charge is 0.316 e. The minimum absolute atomic E-state index is 0.229. The highest BCUT2D eigenvalue weighted by Gasteiger charge is 2.38. The van der Waals surface area contributed by atoms with E-state index in [0.29, 0.717) is 0 Å². The first-order valence-corrected chi connectivity index (χ1v) is 4.38. The van der Waals surface area contributed by atoms with E-state index in [2.05, 4.69) is 15.9 Å². The van der Waals surface area contributed by atoms with Crippen LogP contribution < -0.4 is 5.73 Å². The predicted octanol–water partition coefficient (Wildman–Crippen LogP) is 3.15. The van der Waals surface area contributed by atoms with E-state index in [1.807, 2.05) is 0 Å². The maximum atomic E-state index is 12.7. The van der Waals surface area contributed by atoms with Gasteiger partial charge < -0.3 is 5.73 Å². The van der Waals surface area contributed by atoms with E-state index in [0.717, 1.165) is 18.2 Å². The van der Waals surface area contributed by atoms with Crippen molar-refractivity contribution in [3.05, 3.63) is 34.1 Å². The summed E-state index contributed by atoms with van der Waals surface area (Å²) in [7, 11) is 0. The van der Waals surface area contributed by atoms with Crippen molar-refractivity contribution in [2.75, 3.05) is 0 Å². The van der Waals surface area contributed by atoms with Crippen molar-refractivity contribution in [2.24, 2.45) is 5.73 Å². The maximum Gasteiger partial charge on any atom is 0.407 e. The van der Waals surface area contributed by atoms with Gasteiger partial charge in [-0.05, 0) is 23.8 Å². The Kier molecular flexibility index (Phi) is 3.16. The molecule has 1 atom stereocenters. The van der Waals surface area contributed by atoms with Crippen molar-refractivity contribution in [3.8, 4) is 0 Å². The van der Waals surface area contributed by atoms with Crippen molar-refractivity contribution >= 4 is 15.9 Å². The number of benzene rings is 1.